The summed E-state index contributed by atoms with van der Waals surface area (Å²) in [6, 6.07) is 2.58. The number of amidine groups is 1. The first-order chi connectivity index (χ1) is 10.2. The SMILES string of the molecule is CCC(CC)n1ccc(CN2CCCCC2C(N)=NO)n1. The van der Waals surface area contributed by atoms with E-state index in [9.17, 15) is 0 Å². The van der Waals surface area contributed by atoms with Crippen molar-refractivity contribution >= 4 is 5.84 Å². The number of hydrogen-bond donors (Lipinski definition) is 2. The van der Waals surface area contributed by atoms with Gasteiger partial charge in [0.15, 0.2) is 5.84 Å². The third-order valence-electron chi connectivity index (χ3n) is 4.42. The van der Waals surface area contributed by atoms with Gasteiger partial charge in [0.2, 0.25) is 0 Å². The van der Waals surface area contributed by atoms with Gasteiger partial charge in [-0.2, -0.15) is 5.10 Å². The molecule has 0 aromatic carbocycles. The second-order valence-corrected chi connectivity index (χ2v) is 5.76. The Hall–Kier alpha value is -1.56. The highest BCUT2D eigenvalue weighted by molar-refractivity contribution is 5.85. The van der Waals surface area contributed by atoms with Crippen molar-refractivity contribution in [2.75, 3.05) is 6.54 Å². The van der Waals surface area contributed by atoms with E-state index in [2.05, 4.69) is 40.8 Å². The highest BCUT2D eigenvalue weighted by Crippen LogP contribution is 2.20. The molecule has 0 saturated carbocycles. The molecule has 1 saturated heterocycles. The summed E-state index contributed by atoms with van der Waals surface area (Å²) >= 11 is 0. The van der Waals surface area contributed by atoms with Gasteiger partial charge in [-0.25, -0.2) is 0 Å². The van der Waals surface area contributed by atoms with Crippen LogP contribution in [0.1, 0.15) is 57.7 Å². The lowest BCUT2D eigenvalue weighted by Crippen LogP contribution is -2.47. The molecule has 0 amide bonds. The third kappa shape index (κ3) is 3.75. The number of nitrogens with two attached hydrogens (primary N) is 1. The van der Waals surface area contributed by atoms with Crippen molar-refractivity contribution in [3.05, 3.63) is 18.0 Å². The molecule has 1 atom stereocenters. The average molecular weight is 293 g/mol. The van der Waals surface area contributed by atoms with Crippen LogP contribution in [0.3, 0.4) is 0 Å². The number of nitrogens with zero attached hydrogens (tertiary/aromatic N) is 4. The minimum atomic E-state index is 0.0297. The van der Waals surface area contributed by atoms with Crippen molar-refractivity contribution in [2.24, 2.45) is 10.9 Å². The van der Waals surface area contributed by atoms with E-state index in [1.54, 1.807) is 0 Å². The van der Waals surface area contributed by atoms with Crippen LogP contribution in [0, 0.1) is 0 Å². The van der Waals surface area contributed by atoms with Gasteiger partial charge in [-0.05, 0) is 38.3 Å². The minimum Gasteiger partial charge on any atom is -0.409 e. The molecule has 0 bridgehead atoms. The van der Waals surface area contributed by atoms with Gasteiger partial charge in [0.05, 0.1) is 17.8 Å². The number of oxime groups is 1. The lowest BCUT2D eigenvalue weighted by Gasteiger charge is -2.34. The average Bonchev–Trinajstić information content (AvgIpc) is 2.97. The molecule has 1 fully saturated rings. The summed E-state index contributed by atoms with van der Waals surface area (Å²) in [5.74, 6) is 0.314. The fourth-order valence-electron chi connectivity index (χ4n) is 3.12. The Balaban J connectivity index is 2.05. The van der Waals surface area contributed by atoms with Crippen molar-refractivity contribution in [2.45, 2.75) is 64.6 Å². The molecule has 6 nitrogen and oxygen atoms in total. The second kappa shape index (κ2) is 7.45. The predicted molar refractivity (Wildman–Crippen MR) is 83.3 cm³/mol. The van der Waals surface area contributed by atoms with Crippen LogP contribution in [-0.2, 0) is 6.54 Å². The van der Waals surface area contributed by atoms with E-state index in [1.165, 1.54) is 0 Å². The van der Waals surface area contributed by atoms with Gasteiger partial charge < -0.3 is 10.9 Å². The maximum Gasteiger partial charge on any atom is 0.156 e. The molecule has 2 rings (SSSR count). The van der Waals surface area contributed by atoms with Gasteiger partial charge in [-0.15, -0.1) is 0 Å². The van der Waals surface area contributed by atoms with Crippen LogP contribution in [0.2, 0.25) is 0 Å². The van der Waals surface area contributed by atoms with E-state index >= 15 is 0 Å². The molecule has 1 aliphatic rings. The molecule has 2 heterocycles. The summed E-state index contributed by atoms with van der Waals surface area (Å²) in [5, 5.41) is 16.8. The van der Waals surface area contributed by atoms with E-state index in [0.717, 1.165) is 50.9 Å². The smallest absolute Gasteiger partial charge is 0.156 e. The molecular formula is C15H27N5O. The van der Waals surface area contributed by atoms with Crippen molar-refractivity contribution in [3.8, 4) is 0 Å². The molecule has 1 aliphatic heterocycles. The fourth-order valence-corrected chi connectivity index (χ4v) is 3.12. The number of hydrogen-bond acceptors (Lipinski definition) is 4. The van der Waals surface area contributed by atoms with Crippen LogP contribution in [0.4, 0.5) is 0 Å². The molecule has 118 valence electrons. The number of aromatic nitrogens is 2. The lowest BCUT2D eigenvalue weighted by atomic mass is 10.0. The van der Waals surface area contributed by atoms with Gasteiger partial charge >= 0.3 is 0 Å². The standard InChI is InChI=1S/C15H27N5O/c1-3-13(4-2)20-10-8-12(17-20)11-19-9-6-5-7-14(19)15(16)18-21/h8,10,13-14,21H,3-7,9,11H2,1-2H3,(H2,16,18). The van der Waals surface area contributed by atoms with Crippen LogP contribution in [0.5, 0.6) is 0 Å². The zero-order valence-corrected chi connectivity index (χ0v) is 13.1. The van der Waals surface area contributed by atoms with E-state index in [-0.39, 0.29) is 6.04 Å². The van der Waals surface area contributed by atoms with Crippen molar-refractivity contribution in [1.82, 2.24) is 14.7 Å². The maximum absolute atomic E-state index is 8.93. The highest BCUT2D eigenvalue weighted by atomic mass is 16.4. The first-order valence-corrected chi connectivity index (χ1v) is 7.95. The number of likely N-dealkylation sites (tertiary alicyclic amines) is 1. The lowest BCUT2D eigenvalue weighted by molar-refractivity contribution is 0.175. The Labute approximate surface area is 126 Å². The highest BCUT2D eigenvalue weighted by Gasteiger charge is 2.26. The molecule has 3 N–H and O–H groups in total. The van der Waals surface area contributed by atoms with Gasteiger partial charge in [-0.3, -0.25) is 9.58 Å². The topological polar surface area (TPSA) is 79.7 Å². The Morgan fingerprint density at radius 1 is 1.48 bits per heavy atom. The summed E-state index contributed by atoms with van der Waals surface area (Å²) in [7, 11) is 0. The predicted octanol–water partition coefficient (Wildman–Crippen LogP) is 2.35. The van der Waals surface area contributed by atoms with Crippen molar-refractivity contribution in [1.29, 1.82) is 0 Å². The molecule has 1 unspecified atom stereocenters. The van der Waals surface area contributed by atoms with E-state index in [1.807, 2.05) is 0 Å². The number of piperidine rings is 1. The largest absolute Gasteiger partial charge is 0.409 e. The first kappa shape index (κ1) is 15.8. The van der Waals surface area contributed by atoms with Crippen LogP contribution in [0.15, 0.2) is 17.4 Å². The first-order valence-electron chi connectivity index (χ1n) is 7.95. The summed E-state index contributed by atoms with van der Waals surface area (Å²) in [6.07, 6.45) is 7.47. The quantitative estimate of drug-likeness (QED) is 0.365. The van der Waals surface area contributed by atoms with Crippen LogP contribution in [0.25, 0.3) is 0 Å². The van der Waals surface area contributed by atoms with E-state index < -0.39 is 0 Å². The van der Waals surface area contributed by atoms with Gasteiger partial charge in [0.25, 0.3) is 0 Å². The molecule has 1 aromatic rings. The van der Waals surface area contributed by atoms with Crippen LogP contribution >= 0.6 is 0 Å². The Morgan fingerprint density at radius 3 is 2.90 bits per heavy atom. The summed E-state index contributed by atoms with van der Waals surface area (Å²) < 4.78 is 2.07. The fraction of sp³-hybridized carbons (Fsp3) is 0.733. The molecule has 21 heavy (non-hydrogen) atoms. The molecule has 0 aliphatic carbocycles. The summed E-state index contributed by atoms with van der Waals surface area (Å²) in [4.78, 5) is 2.26. The van der Waals surface area contributed by atoms with Gasteiger partial charge in [-0.1, -0.05) is 25.4 Å². The van der Waals surface area contributed by atoms with Crippen LogP contribution < -0.4 is 5.73 Å². The molecule has 1 aromatic heterocycles. The molecular weight excluding hydrogens is 266 g/mol. The molecule has 0 radical (unpaired) electrons. The Kier molecular flexibility index (Phi) is 5.61. The zero-order valence-electron chi connectivity index (χ0n) is 13.1. The maximum atomic E-state index is 8.93. The Morgan fingerprint density at radius 2 is 2.24 bits per heavy atom. The van der Waals surface area contributed by atoms with Gasteiger partial charge in [0.1, 0.15) is 0 Å². The summed E-state index contributed by atoms with van der Waals surface area (Å²) in [6.45, 7) is 6.11. The van der Waals surface area contributed by atoms with Gasteiger partial charge in [0, 0.05) is 12.7 Å². The van der Waals surface area contributed by atoms with Crippen molar-refractivity contribution < 1.29 is 5.21 Å². The third-order valence-corrected chi connectivity index (χ3v) is 4.42. The van der Waals surface area contributed by atoms with Crippen LogP contribution in [-0.4, -0.2) is 38.3 Å². The second-order valence-electron chi connectivity index (χ2n) is 5.76. The molecule has 6 heteroatoms. The minimum absolute atomic E-state index is 0.0297. The zero-order chi connectivity index (χ0) is 15.2. The summed E-state index contributed by atoms with van der Waals surface area (Å²) in [5.41, 5.74) is 6.88. The normalized spacial score (nSPS) is 21.1. The molecule has 0 spiro atoms. The number of rotatable bonds is 6. The van der Waals surface area contributed by atoms with E-state index in [4.69, 9.17) is 16.0 Å². The van der Waals surface area contributed by atoms with Crippen molar-refractivity contribution in [3.63, 3.8) is 0 Å². The Bertz CT molecular complexity index is 466. The van der Waals surface area contributed by atoms with E-state index in [0.29, 0.717) is 11.9 Å². The monoisotopic (exact) mass is 293 g/mol.